The maximum absolute atomic E-state index is 2.47. The minimum Gasteiger partial charge on any atom is -0.0590 e. The van der Waals surface area contributed by atoms with Crippen LogP contribution in [0.25, 0.3) is 0 Å². The highest BCUT2D eigenvalue weighted by atomic mass is 14.4. The third-order valence-corrected chi connectivity index (χ3v) is 7.53. The van der Waals surface area contributed by atoms with Gasteiger partial charge in [-0.05, 0) is 97.9 Å². The Hall–Kier alpha value is -1.56. The van der Waals surface area contributed by atoms with Crippen molar-refractivity contribution in [2.45, 2.75) is 85.0 Å². The number of hydrogen-bond acceptors (Lipinski definition) is 0. The maximum Gasteiger partial charge on any atom is -0.00750 e. The van der Waals surface area contributed by atoms with Gasteiger partial charge in [0.2, 0.25) is 0 Å². The molecule has 0 bridgehead atoms. The summed E-state index contributed by atoms with van der Waals surface area (Å²) in [6.07, 6.45) is 5.24. The van der Waals surface area contributed by atoms with Crippen molar-refractivity contribution in [3.63, 3.8) is 0 Å². The molecule has 0 aromatic heterocycles. The standard InChI is InChI=1S/C26H36/c1-18-8-10-23(11-9-18)26(7)14-12-22(13-15-26)25(5,6)24-16-19(2)21(4)20(3)17-24/h8-11,16-17,22H,12-15H2,1-7H3. The van der Waals surface area contributed by atoms with E-state index in [0.717, 1.165) is 5.92 Å². The topological polar surface area (TPSA) is 0 Å². The molecule has 0 heteroatoms. The molecule has 2 aromatic carbocycles. The highest BCUT2D eigenvalue weighted by Crippen LogP contribution is 2.48. The van der Waals surface area contributed by atoms with Crippen LogP contribution in [-0.4, -0.2) is 0 Å². The van der Waals surface area contributed by atoms with E-state index in [1.165, 1.54) is 59.1 Å². The molecule has 2 aromatic rings. The van der Waals surface area contributed by atoms with Crippen LogP contribution < -0.4 is 0 Å². The van der Waals surface area contributed by atoms with Gasteiger partial charge in [-0.3, -0.25) is 0 Å². The second-order valence-corrected chi connectivity index (χ2v) is 9.66. The summed E-state index contributed by atoms with van der Waals surface area (Å²) in [5.74, 6) is 0.766. The predicted octanol–water partition coefficient (Wildman–Crippen LogP) is 7.35. The molecule has 1 saturated carbocycles. The smallest absolute Gasteiger partial charge is 0.00750 e. The lowest BCUT2D eigenvalue weighted by molar-refractivity contribution is 0.178. The number of hydrogen-bond donors (Lipinski definition) is 0. The highest BCUT2D eigenvalue weighted by Gasteiger charge is 2.39. The Kier molecular flexibility index (Phi) is 5.08. The Morgan fingerprint density at radius 2 is 1.35 bits per heavy atom. The van der Waals surface area contributed by atoms with Crippen molar-refractivity contribution >= 4 is 0 Å². The van der Waals surface area contributed by atoms with Gasteiger partial charge < -0.3 is 0 Å². The van der Waals surface area contributed by atoms with E-state index < -0.39 is 0 Å². The monoisotopic (exact) mass is 348 g/mol. The van der Waals surface area contributed by atoms with Crippen LogP contribution in [-0.2, 0) is 10.8 Å². The first kappa shape index (κ1) is 19.2. The van der Waals surface area contributed by atoms with Crippen molar-refractivity contribution in [1.29, 1.82) is 0 Å². The van der Waals surface area contributed by atoms with Crippen molar-refractivity contribution in [1.82, 2.24) is 0 Å². The van der Waals surface area contributed by atoms with Gasteiger partial charge in [0.15, 0.2) is 0 Å². The van der Waals surface area contributed by atoms with E-state index in [1.54, 1.807) is 0 Å². The van der Waals surface area contributed by atoms with E-state index in [1.807, 2.05) is 0 Å². The van der Waals surface area contributed by atoms with Gasteiger partial charge in [0.05, 0.1) is 0 Å². The van der Waals surface area contributed by atoms with Crippen LogP contribution in [0.4, 0.5) is 0 Å². The Balaban J connectivity index is 1.79. The number of rotatable bonds is 3. The van der Waals surface area contributed by atoms with Crippen LogP contribution in [0, 0.1) is 33.6 Å². The second kappa shape index (κ2) is 6.87. The van der Waals surface area contributed by atoms with Crippen LogP contribution in [0.2, 0.25) is 0 Å². The number of benzene rings is 2. The first-order valence-corrected chi connectivity index (χ1v) is 10.3. The fourth-order valence-electron chi connectivity index (χ4n) is 4.86. The number of aryl methyl sites for hydroxylation is 3. The molecule has 0 unspecified atom stereocenters. The molecule has 1 aliphatic carbocycles. The summed E-state index contributed by atoms with van der Waals surface area (Å²) in [5.41, 5.74) is 9.33. The van der Waals surface area contributed by atoms with Gasteiger partial charge in [-0.1, -0.05) is 62.7 Å². The molecule has 0 amide bonds. The van der Waals surface area contributed by atoms with Crippen molar-refractivity contribution in [3.05, 3.63) is 69.8 Å². The summed E-state index contributed by atoms with van der Waals surface area (Å²) in [6, 6.07) is 14.1. The van der Waals surface area contributed by atoms with E-state index in [9.17, 15) is 0 Å². The predicted molar refractivity (Wildman–Crippen MR) is 114 cm³/mol. The molecular formula is C26H36. The molecule has 0 atom stereocenters. The minimum atomic E-state index is 0.248. The zero-order valence-electron chi connectivity index (χ0n) is 17.9. The lowest BCUT2D eigenvalue weighted by Crippen LogP contribution is -2.37. The van der Waals surface area contributed by atoms with Gasteiger partial charge in [0.1, 0.15) is 0 Å². The molecule has 1 fully saturated rings. The van der Waals surface area contributed by atoms with E-state index >= 15 is 0 Å². The van der Waals surface area contributed by atoms with Crippen molar-refractivity contribution in [2.75, 3.05) is 0 Å². The molecule has 0 radical (unpaired) electrons. The SMILES string of the molecule is Cc1ccc(C2(C)CCC(C(C)(C)c3cc(C)c(C)c(C)c3)CC2)cc1. The molecule has 0 aliphatic heterocycles. The zero-order valence-corrected chi connectivity index (χ0v) is 17.9. The molecule has 1 aliphatic rings. The highest BCUT2D eigenvalue weighted by molar-refractivity contribution is 5.40. The molecule has 0 nitrogen and oxygen atoms in total. The van der Waals surface area contributed by atoms with Crippen LogP contribution >= 0.6 is 0 Å². The minimum absolute atomic E-state index is 0.248. The second-order valence-electron chi connectivity index (χ2n) is 9.66. The van der Waals surface area contributed by atoms with E-state index in [0.29, 0.717) is 5.41 Å². The van der Waals surface area contributed by atoms with E-state index in [4.69, 9.17) is 0 Å². The maximum atomic E-state index is 2.47. The van der Waals surface area contributed by atoms with Crippen molar-refractivity contribution in [3.8, 4) is 0 Å². The van der Waals surface area contributed by atoms with Crippen LogP contribution in [0.5, 0.6) is 0 Å². The first-order chi connectivity index (χ1) is 12.1. The lowest BCUT2D eigenvalue weighted by Gasteiger charge is -2.44. The zero-order chi connectivity index (χ0) is 19.1. The molecule has 0 N–H and O–H groups in total. The molecule has 0 heterocycles. The van der Waals surface area contributed by atoms with Crippen LogP contribution in [0.15, 0.2) is 36.4 Å². The van der Waals surface area contributed by atoms with Gasteiger partial charge in [0.25, 0.3) is 0 Å². The Bertz CT molecular complexity index is 745. The Labute approximate surface area is 161 Å². The summed E-state index contributed by atoms with van der Waals surface area (Å²) < 4.78 is 0. The lowest BCUT2D eigenvalue weighted by atomic mass is 9.60. The molecule has 26 heavy (non-hydrogen) atoms. The summed E-state index contributed by atoms with van der Waals surface area (Å²) in [7, 11) is 0. The first-order valence-electron chi connectivity index (χ1n) is 10.3. The third kappa shape index (κ3) is 3.48. The van der Waals surface area contributed by atoms with Gasteiger partial charge in [-0.15, -0.1) is 0 Å². The summed E-state index contributed by atoms with van der Waals surface area (Å²) in [5, 5.41) is 0. The largest absolute Gasteiger partial charge is 0.0590 e. The average Bonchev–Trinajstić information content (AvgIpc) is 2.60. The van der Waals surface area contributed by atoms with Gasteiger partial charge in [0, 0.05) is 0 Å². The molecular weight excluding hydrogens is 312 g/mol. The summed E-state index contributed by atoms with van der Waals surface area (Å²) >= 11 is 0. The summed E-state index contributed by atoms with van der Waals surface area (Å²) in [6.45, 7) is 16.4. The Morgan fingerprint density at radius 3 is 1.85 bits per heavy atom. The Morgan fingerprint density at radius 1 is 0.846 bits per heavy atom. The van der Waals surface area contributed by atoms with Crippen molar-refractivity contribution in [2.24, 2.45) is 5.92 Å². The van der Waals surface area contributed by atoms with Crippen LogP contribution in [0.1, 0.15) is 79.8 Å². The summed E-state index contributed by atoms with van der Waals surface area (Å²) in [4.78, 5) is 0. The third-order valence-electron chi connectivity index (χ3n) is 7.53. The van der Waals surface area contributed by atoms with Gasteiger partial charge in [-0.25, -0.2) is 0 Å². The fraction of sp³-hybridized carbons (Fsp3) is 0.538. The van der Waals surface area contributed by atoms with E-state index in [2.05, 4.69) is 84.9 Å². The van der Waals surface area contributed by atoms with Gasteiger partial charge in [-0.2, -0.15) is 0 Å². The average molecular weight is 349 g/mol. The van der Waals surface area contributed by atoms with Gasteiger partial charge >= 0.3 is 0 Å². The van der Waals surface area contributed by atoms with Crippen molar-refractivity contribution < 1.29 is 0 Å². The van der Waals surface area contributed by atoms with Crippen LogP contribution in [0.3, 0.4) is 0 Å². The molecule has 0 spiro atoms. The molecule has 0 saturated heterocycles. The molecule has 140 valence electrons. The van der Waals surface area contributed by atoms with E-state index in [-0.39, 0.29) is 5.41 Å². The molecule has 3 rings (SSSR count). The normalized spacial score (nSPS) is 23.9. The quantitative estimate of drug-likeness (QED) is 0.544. The fourth-order valence-corrected chi connectivity index (χ4v) is 4.86.